The molecule has 0 radical (unpaired) electrons. The molecule has 4 rings (SSSR count). The van der Waals surface area contributed by atoms with Gasteiger partial charge >= 0.3 is 6.18 Å². The minimum absolute atomic E-state index is 0.0404. The number of amides is 2. The lowest BCUT2D eigenvalue weighted by molar-refractivity contribution is -0.137. The van der Waals surface area contributed by atoms with E-state index in [0.29, 0.717) is 0 Å². The Morgan fingerprint density at radius 2 is 1.59 bits per heavy atom. The van der Waals surface area contributed by atoms with E-state index >= 15 is 0 Å². The molecule has 1 aromatic rings. The topological polar surface area (TPSA) is 37.4 Å². The lowest BCUT2D eigenvalue weighted by atomic mass is 9.81. The van der Waals surface area contributed by atoms with Crippen molar-refractivity contribution in [3.8, 4) is 0 Å². The predicted molar refractivity (Wildman–Crippen MR) is 71.7 cm³/mol. The molecule has 1 aliphatic heterocycles. The first-order valence-corrected chi connectivity index (χ1v) is 7.43. The number of anilines is 1. The van der Waals surface area contributed by atoms with Crippen LogP contribution in [0.25, 0.3) is 0 Å². The first-order chi connectivity index (χ1) is 10.4. The van der Waals surface area contributed by atoms with Crippen molar-refractivity contribution in [2.45, 2.75) is 25.4 Å². The molecule has 4 atom stereocenters. The summed E-state index contributed by atoms with van der Waals surface area (Å²) < 4.78 is 38.5. The van der Waals surface area contributed by atoms with E-state index in [1.54, 1.807) is 0 Å². The Labute approximate surface area is 125 Å². The average Bonchev–Trinajstić information content (AvgIpc) is 3.12. The van der Waals surface area contributed by atoms with Crippen molar-refractivity contribution in [3.63, 3.8) is 0 Å². The highest BCUT2D eigenvalue weighted by atomic mass is 19.4. The third-order valence-corrected chi connectivity index (χ3v) is 5.36. The molecular formula is C16H14F3NO2. The van der Waals surface area contributed by atoms with Crippen LogP contribution in [0.5, 0.6) is 0 Å². The van der Waals surface area contributed by atoms with Crippen molar-refractivity contribution in [1.82, 2.24) is 0 Å². The fourth-order valence-electron chi connectivity index (χ4n) is 4.48. The highest BCUT2D eigenvalue weighted by molar-refractivity contribution is 6.22. The van der Waals surface area contributed by atoms with Crippen molar-refractivity contribution in [1.29, 1.82) is 0 Å². The average molecular weight is 309 g/mol. The molecule has 2 amide bonds. The number of hydrogen-bond acceptors (Lipinski definition) is 2. The van der Waals surface area contributed by atoms with Gasteiger partial charge in [0, 0.05) is 0 Å². The Balaban J connectivity index is 1.72. The predicted octanol–water partition coefficient (Wildman–Crippen LogP) is 3.24. The van der Waals surface area contributed by atoms with E-state index in [1.165, 1.54) is 12.1 Å². The van der Waals surface area contributed by atoms with Crippen LogP contribution in [0.15, 0.2) is 24.3 Å². The summed E-state index contributed by atoms with van der Waals surface area (Å²) in [7, 11) is 0. The zero-order valence-electron chi connectivity index (χ0n) is 11.6. The van der Waals surface area contributed by atoms with Gasteiger partial charge in [0.25, 0.3) is 0 Å². The normalized spacial score (nSPS) is 33.7. The van der Waals surface area contributed by atoms with Crippen molar-refractivity contribution in [2.75, 3.05) is 4.90 Å². The Bertz CT molecular complexity index is 642. The van der Waals surface area contributed by atoms with E-state index in [9.17, 15) is 22.8 Å². The van der Waals surface area contributed by atoms with Crippen molar-refractivity contribution >= 4 is 17.5 Å². The molecule has 1 saturated heterocycles. The van der Waals surface area contributed by atoms with Gasteiger partial charge in [-0.25, -0.2) is 0 Å². The van der Waals surface area contributed by atoms with E-state index in [1.807, 2.05) is 0 Å². The van der Waals surface area contributed by atoms with Crippen LogP contribution in [-0.4, -0.2) is 11.8 Å². The maximum Gasteiger partial charge on any atom is 0.416 e. The second kappa shape index (κ2) is 4.33. The molecule has 1 aromatic carbocycles. The monoisotopic (exact) mass is 309 g/mol. The van der Waals surface area contributed by atoms with Crippen LogP contribution in [0.2, 0.25) is 0 Å². The molecule has 0 N–H and O–H groups in total. The summed E-state index contributed by atoms with van der Waals surface area (Å²) >= 11 is 0. The quantitative estimate of drug-likeness (QED) is 0.747. The van der Waals surface area contributed by atoms with Gasteiger partial charge in [-0.1, -0.05) is 6.07 Å². The van der Waals surface area contributed by atoms with E-state index in [2.05, 4.69) is 0 Å². The molecule has 2 aliphatic carbocycles. The van der Waals surface area contributed by atoms with Gasteiger partial charge in [-0.3, -0.25) is 14.5 Å². The van der Waals surface area contributed by atoms with Crippen molar-refractivity contribution in [2.24, 2.45) is 23.7 Å². The van der Waals surface area contributed by atoms with Crippen molar-refractivity contribution < 1.29 is 22.8 Å². The number of benzene rings is 1. The SMILES string of the molecule is O=C1[C@H]2[C@@H]3CC[C@@H](C3)[C@@H]2C(=O)N1c1cccc(C(F)(F)F)c1. The lowest BCUT2D eigenvalue weighted by Gasteiger charge is -2.19. The minimum atomic E-state index is -4.49. The highest BCUT2D eigenvalue weighted by Crippen LogP contribution is 2.56. The molecule has 2 saturated carbocycles. The van der Waals surface area contributed by atoms with Crippen LogP contribution < -0.4 is 4.90 Å². The molecule has 0 aromatic heterocycles. The number of halogens is 3. The Morgan fingerprint density at radius 1 is 1.00 bits per heavy atom. The number of nitrogens with zero attached hydrogens (tertiary/aromatic N) is 1. The number of carbonyl (C=O) groups is 2. The number of hydrogen-bond donors (Lipinski definition) is 0. The van der Waals surface area contributed by atoms with Crippen LogP contribution in [0.4, 0.5) is 18.9 Å². The van der Waals surface area contributed by atoms with Crippen LogP contribution in [-0.2, 0) is 15.8 Å². The van der Waals surface area contributed by atoms with Crippen LogP contribution in [0.1, 0.15) is 24.8 Å². The first kappa shape index (κ1) is 13.8. The third-order valence-electron chi connectivity index (χ3n) is 5.36. The standard InChI is InChI=1S/C16H14F3NO2/c17-16(18,19)10-2-1-3-11(7-10)20-14(21)12-8-4-5-9(6-8)13(12)15(20)22/h1-3,7-9,12-13H,4-6H2/t8-,9+,12-,13-/m0/s1. The largest absolute Gasteiger partial charge is 0.416 e. The molecule has 3 aliphatic rings. The van der Waals surface area contributed by atoms with Crippen molar-refractivity contribution in [3.05, 3.63) is 29.8 Å². The van der Waals surface area contributed by atoms with Gasteiger partial charge in [0.2, 0.25) is 11.8 Å². The number of rotatable bonds is 1. The molecule has 2 bridgehead atoms. The summed E-state index contributed by atoms with van der Waals surface area (Å²) in [5.74, 6) is -0.825. The van der Waals surface area contributed by atoms with E-state index in [4.69, 9.17) is 0 Å². The van der Waals surface area contributed by atoms with Crippen LogP contribution in [0.3, 0.4) is 0 Å². The zero-order chi connectivity index (χ0) is 15.6. The van der Waals surface area contributed by atoms with Gasteiger partial charge in [-0.15, -0.1) is 0 Å². The molecule has 3 fully saturated rings. The molecule has 0 spiro atoms. The number of fused-ring (bicyclic) bond motifs is 5. The maximum absolute atomic E-state index is 12.8. The van der Waals surface area contributed by atoms with Crippen LogP contribution >= 0.6 is 0 Å². The fraction of sp³-hybridized carbons (Fsp3) is 0.500. The molecule has 0 unspecified atom stereocenters. The summed E-state index contributed by atoms with van der Waals surface area (Å²) in [5, 5.41) is 0. The fourth-order valence-corrected chi connectivity index (χ4v) is 4.48. The second-order valence-corrected chi connectivity index (χ2v) is 6.44. The number of imide groups is 1. The summed E-state index contributed by atoms with van der Waals surface area (Å²) in [6.45, 7) is 0. The minimum Gasteiger partial charge on any atom is -0.274 e. The van der Waals surface area contributed by atoms with E-state index in [-0.39, 0.29) is 41.2 Å². The lowest BCUT2D eigenvalue weighted by Crippen LogP contribution is -2.32. The Morgan fingerprint density at radius 3 is 2.14 bits per heavy atom. The molecule has 1 heterocycles. The molecule has 22 heavy (non-hydrogen) atoms. The summed E-state index contributed by atoms with van der Waals surface area (Å²) in [6, 6.07) is 4.47. The smallest absolute Gasteiger partial charge is 0.274 e. The van der Waals surface area contributed by atoms with E-state index in [0.717, 1.165) is 36.3 Å². The second-order valence-electron chi connectivity index (χ2n) is 6.44. The summed E-state index contributed by atoms with van der Waals surface area (Å²) in [5.41, 5.74) is -0.802. The van der Waals surface area contributed by atoms with Gasteiger partial charge in [-0.2, -0.15) is 13.2 Å². The van der Waals surface area contributed by atoms with Gasteiger partial charge < -0.3 is 0 Å². The van der Waals surface area contributed by atoms with Gasteiger partial charge in [0.15, 0.2) is 0 Å². The Kier molecular flexibility index (Phi) is 2.72. The Hall–Kier alpha value is -1.85. The van der Waals surface area contributed by atoms with E-state index < -0.39 is 11.7 Å². The molecule has 3 nitrogen and oxygen atoms in total. The first-order valence-electron chi connectivity index (χ1n) is 7.43. The summed E-state index contributed by atoms with van der Waals surface area (Å²) in [4.78, 5) is 26.1. The van der Waals surface area contributed by atoms with Gasteiger partial charge in [0.1, 0.15) is 0 Å². The van der Waals surface area contributed by atoms with Gasteiger partial charge in [0.05, 0.1) is 23.1 Å². The number of alkyl halides is 3. The highest BCUT2D eigenvalue weighted by Gasteiger charge is 2.61. The van der Waals surface area contributed by atoms with Gasteiger partial charge in [-0.05, 0) is 49.3 Å². The third kappa shape index (κ3) is 1.76. The number of carbonyl (C=O) groups excluding carboxylic acids is 2. The maximum atomic E-state index is 12.8. The molecule has 6 heteroatoms. The molecule has 116 valence electrons. The van der Waals surface area contributed by atoms with Crippen LogP contribution in [0, 0.1) is 23.7 Å². The summed E-state index contributed by atoms with van der Waals surface area (Å²) in [6.07, 6.45) is -1.69. The molecular weight excluding hydrogens is 295 g/mol. The zero-order valence-corrected chi connectivity index (χ0v) is 11.6.